The number of carbonyl (C=O) groups excluding carboxylic acids is 6. The summed E-state index contributed by atoms with van der Waals surface area (Å²) in [6, 6.07) is -4.35. The van der Waals surface area contributed by atoms with Crippen molar-refractivity contribution in [2.45, 2.75) is 124 Å². The number of nitrogens with one attached hydrogen (secondary N) is 6. The molecule has 21 nitrogen and oxygen atoms in total. The summed E-state index contributed by atoms with van der Waals surface area (Å²) in [5.74, 6) is -6.08. The van der Waals surface area contributed by atoms with Gasteiger partial charge >= 0.3 is 11.9 Å². The van der Waals surface area contributed by atoms with Crippen molar-refractivity contribution in [2.24, 2.45) is 23.7 Å². The Morgan fingerprint density at radius 1 is 0.691 bits per heavy atom. The maximum Gasteiger partial charge on any atom is 0.353 e. The maximum atomic E-state index is 13.7. The van der Waals surface area contributed by atoms with E-state index in [1.807, 2.05) is 13.8 Å². The number of rotatable bonds is 17. The first-order valence-corrected chi connectivity index (χ1v) is 25.1. The molecule has 8 aliphatic rings. The summed E-state index contributed by atoms with van der Waals surface area (Å²) in [4.78, 5) is 111. The van der Waals surface area contributed by atoms with Crippen molar-refractivity contribution in [1.82, 2.24) is 51.5 Å². The van der Waals surface area contributed by atoms with Gasteiger partial charge in [-0.05, 0) is 33.1 Å². The molecule has 0 aliphatic carbocycles. The van der Waals surface area contributed by atoms with E-state index in [1.165, 1.54) is 43.1 Å². The number of hydrogen-bond donors (Lipinski definition) is 8. The van der Waals surface area contributed by atoms with Gasteiger partial charge in [0.05, 0.1) is 54.2 Å². The first kappa shape index (κ1) is 50.1. The highest BCUT2D eigenvalue weighted by atomic mass is 32.2. The second-order valence-corrected chi connectivity index (χ2v) is 22.4. The number of halogens is 1. The van der Waals surface area contributed by atoms with Gasteiger partial charge in [-0.2, -0.15) is 0 Å². The van der Waals surface area contributed by atoms with Gasteiger partial charge in [0.1, 0.15) is 24.3 Å². The summed E-state index contributed by atoms with van der Waals surface area (Å²) in [6.07, 6.45) is -0.233. The highest BCUT2D eigenvalue weighted by Crippen LogP contribution is 2.53. The highest BCUT2D eigenvalue weighted by molar-refractivity contribution is 8.04. The monoisotopic (exact) mass is 990 g/mol. The summed E-state index contributed by atoms with van der Waals surface area (Å²) < 4.78 is 19.8. The Bertz CT molecular complexity index is 2180. The van der Waals surface area contributed by atoms with E-state index >= 15 is 0 Å². The first-order chi connectivity index (χ1) is 32.2. The number of amides is 6. The number of nitrogens with zero attached hydrogens (tertiary/aromatic N) is 4. The van der Waals surface area contributed by atoms with Crippen LogP contribution in [0.2, 0.25) is 0 Å². The van der Waals surface area contributed by atoms with E-state index in [-0.39, 0.29) is 83.1 Å². The fourth-order valence-corrected chi connectivity index (χ4v) is 14.3. The number of carboxylic acid groups (broad SMARTS) is 2. The average Bonchev–Trinajstić information content (AvgIpc) is 4.15. The first-order valence-electron chi connectivity index (χ1n) is 23.4. The molecule has 0 spiro atoms. The quantitative estimate of drug-likeness (QED) is 0.0604. The highest BCUT2D eigenvalue weighted by Gasteiger charge is 2.62. The molecular formula is C44H63FN10O11S2. The van der Waals surface area contributed by atoms with Crippen LogP contribution in [0.3, 0.4) is 0 Å². The predicted octanol–water partition coefficient (Wildman–Crippen LogP) is -1.58. The maximum absolute atomic E-state index is 13.7. The van der Waals surface area contributed by atoms with Crippen LogP contribution < -0.4 is 31.9 Å². The summed E-state index contributed by atoms with van der Waals surface area (Å²) >= 11 is 2.75. The molecule has 374 valence electrons. The van der Waals surface area contributed by atoms with Crippen molar-refractivity contribution >= 4 is 70.9 Å². The molecule has 0 bridgehead atoms. The van der Waals surface area contributed by atoms with Crippen molar-refractivity contribution in [1.29, 1.82) is 0 Å². The minimum Gasteiger partial charge on any atom is -0.477 e. The van der Waals surface area contributed by atoms with Crippen molar-refractivity contribution in [2.75, 3.05) is 54.1 Å². The van der Waals surface area contributed by atoms with E-state index < -0.39 is 90.2 Å². The van der Waals surface area contributed by atoms with Crippen molar-refractivity contribution in [3.05, 3.63) is 21.2 Å². The lowest BCUT2D eigenvalue weighted by Gasteiger charge is -2.47. The van der Waals surface area contributed by atoms with E-state index in [0.717, 1.165) is 0 Å². The third-order valence-corrected chi connectivity index (χ3v) is 17.9. The number of β-lactam (4-membered cyclic amide) rings is 2. The van der Waals surface area contributed by atoms with Gasteiger partial charge in [-0.1, -0.05) is 13.8 Å². The molecule has 0 aromatic heterocycles. The van der Waals surface area contributed by atoms with Crippen LogP contribution in [0.4, 0.5) is 4.39 Å². The van der Waals surface area contributed by atoms with E-state index in [2.05, 4.69) is 31.9 Å². The van der Waals surface area contributed by atoms with E-state index in [0.29, 0.717) is 48.7 Å². The minimum absolute atomic E-state index is 0.0326. The van der Waals surface area contributed by atoms with Gasteiger partial charge in [0.15, 0.2) is 0 Å². The zero-order valence-electron chi connectivity index (χ0n) is 39.2. The summed E-state index contributed by atoms with van der Waals surface area (Å²) in [5, 5.41) is 38.5. The summed E-state index contributed by atoms with van der Waals surface area (Å²) in [6.45, 7) is 8.54. The van der Waals surface area contributed by atoms with Crippen LogP contribution in [0, 0.1) is 23.7 Å². The molecule has 24 heteroatoms. The smallest absolute Gasteiger partial charge is 0.353 e. The number of ether oxygens (including phenoxy) is 1. The van der Waals surface area contributed by atoms with Crippen molar-refractivity contribution in [3.63, 3.8) is 0 Å². The van der Waals surface area contributed by atoms with Crippen LogP contribution >= 0.6 is 23.5 Å². The largest absolute Gasteiger partial charge is 0.477 e. The number of carbonyl (C=O) groups is 8. The van der Waals surface area contributed by atoms with Crippen LogP contribution in [0.25, 0.3) is 0 Å². The molecule has 6 saturated heterocycles. The molecule has 8 rings (SSSR count). The van der Waals surface area contributed by atoms with Gasteiger partial charge in [-0.3, -0.25) is 28.8 Å². The predicted molar refractivity (Wildman–Crippen MR) is 246 cm³/mol. The number of likely N-dealkylation sites (N-methyl/N-ethyl adjacent to an activating group) is 2. The fraction of sp³-hybridized carbons (Fsp3) is 0.727. The Hall–Kier alpha value is -4.33. The Morgan fingerprint density at radius 2 is 1.13 bits per heavy atom. The Labute approximate surface area is 402 Å². The standard InChI is InChI=1S/C44H63FN10O11S2/c1-17-32-30(42(61)55(32)33(43(62)63)35(17)67-23-10-27(48-14-23)39(58)52(5)6)20(4)51-38(57)26-9-22(13-47-26)66-16-53(7)40(59)28-11-24(15-49-28)68-36-18(2)31-29(41(60)54(31)34(36)44(64)65)19(3)50-37(56)25-8-21(45)12-46-25/h17-32,46-49H,8-16H2,1-7H3,(H,50,56)(H,51,57)(H,62,63)(H,64,65)/t17-,18-,19-,20-,21+,22-,23?,24+,25+,26+,27+,28+,29-,30-,31-,32-/m1/s1. The molecule has 1 unspecified atom stereocenters. The molecule has 68 heavy (non-hydrogen) atoms. The minimum atomic E-state index is -1.23. The molecule has 0 aromatic carbocycles. The topological polar surface area (TPSA) is 271 Å². The Morgan fingerprint density at radius 3 is 1.57 bits per heavy atom. The summed E-state index contributed by atoms with van der Waals surface area (Å²) in [5.41, 5.74) is -0.110. The van der Waals surface area contributed by atoms with Gasteiger partial charge in [0.25, 0.3) is 0 Å². The van der Waals surface area contributed by atoms with E-state index in [4.69, 9.17) is 4.74 Å². The second-order valence-electron chi connectivity index (χ2n) is 19.7. The zero-order chi connectivity index (χ0) is 49.2. The lowest BCUT2D eigenvalue weighted by molar-refractivity contribution is -0.159. The summed E-state index contributed by atoms with van der Waals surface area (Å²) in [7, 11) is 4.99. The molecule has 0 radical (unpaired) electrons. The van der Waals surface area contributed by atoms with Gasteiger partial charge in [0, 0.05) is 98.0 Å². The molecule has 8 aliphatic heterocycles. The average molecular weight is 991 g/mol. The lowest BCUT2D eigenvalue weighted by atomic mass is 9.78. The number of thioether (sulfide) groups is 2. The van der Waals surface area contributed by atoms with Crippen LogP contribution in [0.15, 0.2) is 21.2 Å². The normalized spacial score (nSPS) is 36.0. The number of alkyl halides is 1. The number of fused-ring (bicyclic) bond motifs is 2. The lowest BCUT2D eigenvalue weighted by Crippen LogP contribution is -2.66. The van der Waals surface area contributed by atoms with Gasteiger partial charge in [-0.25, -0.2) is 14.0 Å². The van der Waals surface area contributed by atoms with Crippen LogP contribution in [-0.2, 0) is 43.1 Å². The van der Waals surface area contributed by atoms with E-state index in [9.17, 15) is 53.0 Å². The molecule has 8 heterocycles. The third-order valence-electron chi connectivity index (χ3n) is 14.9. The van der Waals surface area contributed by atoms with Crippen molar-refractivity contribution in [3.8, 4) is 0 Å². The number of hydrogen-bond acceptors (Lipinski definition) is 15. The molecular weight excluding hydrogens is 928 g/mol. The zero-order valence-corrected chi connectivity index (χ0v) is 40.8. The number of carboxylic acids is 2. The Balaban J connectivity index is 0.779. The van der Waals surface area contributed by atoms with Crippen molar-refractivity contribution < 1.29 is 57.7 Å². The Kier molecular flexibility index (Phi) is 14.6. The number of aliphatic carboxylic acids is 2. The van der Waals surface area contributed by atoms with Crippen LogP contribution in [0.1, 0.15) is 53.4 Å². The second kappa shape index (κ2) is 19.8. The SMILES string of the molecule is C[C@@H](NC(=O)[C@@H]1C[C@@H](OCN(C)C(=O)[C@@H]2C[C@H](SC3=C(C(=O)O)N4C(=O)[C@H]([C@@H](C)NC(=O)[C@@H]5C[C@H](F)CN5)[C@H]4[C@H]3C)CN2)CN1)[C@H]1C(=O)N2C(C(=O)O)=C(SC3CN[C@H](C(=O)N(C)C)C3)[C@H](C)[C@H]12. The van der Waals surface area contributed by atoms with E-state index in [1.54, 1.807) is 35.0 Å². The van der Waals surface area contributed by atoms with Gasteiger partial charge in [-0.15, -0.1) is 23.5 Å². The third kappa shape index (κ3) is 9.25. The van der Waals surface area contributed by atoms with Gasteiger partial charge in [0.2, 0.25) is 35.4 Å². The van der Waals surface area contributed by atoms with Crippen LogP contribution in [-0.4, -0.2) is 202 Å². The molecule has 6 amide bonds. The molecule has 6 fully saturated rings. The van der Waals surface area contributed by atoms with Gasteiger partial charge < -0.3 is 66.5 Å². The molecule has 0 aromatic rings. The van der Waals surface area contributed by atoms with Crippen LogP contribution in [0.5, 0.6) is 0 Å². The molecule has 0 saturated carbocycles. The fourth-order valence-electron chi connectivity index (χ4n) is 11.3. The molecule has 16 atom stereocenters. The molecule has 8 N–H and O–H groups in total.